The Hall–Kier alpha value is -2.11. The van der Waals surface area contributed by atoms with Gasteiger partial charge in [-0.3, -0.25) is 14.5 Å². The highest BCUT2D eigenvalue weighted by molar-refractivity contribution is 6.11. The molecular weight excluding hydrogens is 330 g/mol. The van der Waals surface area contributed by atoms with E-state index in [0.717, 1.165) is 29.1 Å². The van der Waals surface area contributed by atoms with Crippen LogP contribution in [0.15, 0.2) is 6.07 Å². The molecule has 6 nitrogen and oxygen atoms in total. The molecule has 1 saturated heterocycles. The molecule has 1 aliphatic carbocycles. The van der Waals surface area contributed by atoms with Crippen molar-refractivity contribution in [3.05, 3.63) is 23.0 Å². The summed E-state index contributed by atoms with van der Waals surface area (Å²) in [6.45, 7) is 10.00. The average Bonchev–Trinajstić information content (AvgIpc) is 2.99. The Morgan fingerprint density at radius 3 is 2.42 bits per heavy atom. The number of amides is 3. The Balaban J connectivity index is 1.79. The molecule has 3 amide bonds. The number of aryl methyl sites for hydroxylation is 1. The minimum atomic E-state index is -0.793. The topological polar surface area (TPSA) is 71.4 Å². The second kappa shape index (κ2) is 6.56. The van der Waals surface area contributed by atoms with E-state index in [-0.39, 0.29) is 24.3 Å². The summed E-state index contributed by atoms with van der Waals surface area (Å²) >= 11 is 0. The molecule has 1 aliphatic heterocycles. The van der Waals surface area contributed by atoms with Crippen molar-refractivity contribution in [2.75, 3.05) is 6.54 Å². The van der Waals surface area contributed by atoms with E-state index in [1.54, 1.807) is 0 Å². The molecule has 1 spiro atoms. The Morgan fingerprint density at radius 2 is 1.88 bits per heavy atom. The maximum atomic E-state index is 12.9. The van der Waals surface area contributed by atoms with Crippen LogP contribution in [0.2, 0.25) is 0 Å². The number of carbonyl (C=O) groups is 3. The first-order valence-corrected chi connectivity index (χ1v) is 9.52. The number of rotatable bonds is 4. The molecule has 6 heteroatoms. The third-order valence-corrected chi connectivity index (χ3v) is 5.98. The molecule has 1 aromatic rings. The number of imide groups is 1. The van der Waals surface area contributed by atoms with Crippen LogP contribution in [-0.2, 0) is 4.79 Å². The van der Waals surface area contributed by atoms with E-state index in [2.05, 4.69) is 30.7 Å². The van der Waals surface area contributed by atoms with Gasteiger partial charge < -0.3 is 9.88 Å². The van der Waals surface area contributed by atoms with Gasteiger partial charge in [0.2, 0.25) is 0 Å². The quantitative estimate of drug-likeness (QED) is 0.662. The summed E-state index contributed by atoms with van der Waals surface area (Å²) in [6, 6.07) is 1.67. The molecule has 0 unspecified atom stereocenters. The van der Waals surface area contributed by atoms with Gasteiger partial charge in [0.15, 0.2) is 5.78 Å². The monoisotopic (exact) mass is 359 g/mol. The average molecular weight is 359 g/mol. The molecule has 2 aliphatic rings. The van der Waals surface area contributed by atoms with Crippen molar-refractivity contribution in [1.29, 1.82) is 0 Å². The van der Waals surface area contributed by atoms with E-state index in [9.17, 15) is 14.4 Å². The minimum absolute atomic E-state index is 0.185. The largest absolute Gasteiger partial charge is 0.346 e. The van der Waals surface area contributed by atoms with Gasteiger partial charge in [-0.25, -0.2) is 4.79 Å². The lowest BCUT2D eigenvalue weighted by atomic mass is 9.77. The van der Waals surface area contributed by atoms with Gasteiger partial charge in [0.25, 0.3) is 5.91 Å². The molecule has 0 radical (unpaired) electrons. The van der Waals surface area contributed by atoms with Crippen LogP contribution in [0.1, 0.15) is 74.2 Å². The summed E-state index contributed by atoms with van der Waals surface area (Å²) in [5.41, 5.74) is 1.69. The number of urea groups is 1. The molecule has 0 atom stereocenters. The van der Waals surface area contributed by atoms with Crippen LogP contribution >= 0.6 is 0 Å². The standard InChI is InChI=1S/C20H29N3O3/c1-12(2)23-14(4)10-16(15(23)5)17(24)11-22-18(25)20(21-19(22)26)8-6-13(3)7-9-20/h10,12-13H,6-9,11H2,1-5H3,(H,21,26). The van der Waals surface area contributed by atoms with Crippen molar-refractivity contribution in [3.63, 3.8) is 0 Å². The summed E-state index contributed by atoms with van der Waals surface area (Å²) in [5, 5.41) is 2.88. The van der Waals surface area contributed by atoms with E-state index in [0.29, 0.717) is 24.3 Å². The highest BCUT2D eigenvalue weighted by Crippen LogP contribution is 2.36. The van der Waals surface area contributed by atoms with Gasteiger partial charge in [-0.1, -0.05) is 6.92 Å². The van der Waals surface area contributed by atoms with Gasteiger partial charge in [-0.2, -0.15) is 0 Å². The molecule has 0 bridgehead atoms. The molecule has 0 aromatic carbocycles. The van der Waals surface area contributed by atoms with Crippen molar-refractivity contribution >= 4 is 17.7 Å². The Labute approximate surface area is 154 Å². The summed E-state index contributed by atoms with van der Waals surface area (Å²) in [7, 11) is 0. The van der Waals surface area contributed by atoms with E-state index in [1.165, 1.54) is 0 Å². The Morgan fingerprint density at radius 1 is 1.27 bits per heavy atom. The Kier molecular flexibility index (Phi) is 4.71. The van der Waals surface area contributed by atoms with Gasteiger partial charge in [0, 0.05) is 23.0 Å². The second-order valence-electron chi connectivity index (χ2n) is 8.26. The summed E-state index contributed by atoms with van der Waals surface area (Å²) in [4.78, 5) is 39.3. The van der Waals surface area contributed by atoms with Crippen LogP contribution in [0, 0.1) is 19.8 Å². The lowest BCUT2D eigenvalue weighted by Gasteiger charge is -2.33. The zero-order valence-electron chi connectivity index (χ0n) is 16.4. The number of hydrogen-bond acceptors (Lipinski definition) is 3. The first-order valence-electron chi connectivity index (χ1n) is 9.52. The van der Waals surface area contributed by atoms with E-state index in [1.807, 2.05) is 19.9 Å². The first-order chi connectivity index (χ1) is 12.2. The normalized spacial score (nSPS) is 26.1. The molecular formula is C20H29N3O3. The fourth-order valence-electron chi connectivity index (χ4n) is 4.50. The predicted octanol–water partition coefficient (Wildman–Crippen LogP) is 3.37. The molecule has 3 rings (SSSR count). The molecule has 2 fully saturated rings. The third kappa shape index (κ3) is 2.95. The summed E-state index contributed by atoms with van der Waals surface area (Å²) in [6.07, 6.45) is 3.16. The van der Waals surface area contributed by atoms with Crippen molar-refractivity contribution in [3.8, 4) is 0 Å². The SMILES string of the molecule is Cc1cc(C(=O)CN2C(=O)NC3(CCC(C)CC3)C2=O)c(C)n1C(C)C. The zero-order valence-corrected chi connectivity index (χ0v) is 16.4. The van der Waals surface area contributed by atoms with Crippen LogP contribution < -0.4 is 5.32 Å². The highest BCUT2D eigenvalue weighted by atomic mass is 16.2. The molecule has 1 N–H and O–H groups in total. The van der Waals surface area contributed by atoms with Gasteiger partial charge in [-0.15, -0.1) is 0 Å². The fourth-order valence-corrected chi connectivity index (χ4v) is 4.50. The smallest absolute Gasteiger partial charge is 0.325 e. The van der Waals surface area contributed by atoms with Crippen LogP contribution in [0.4, 0.5) is 4.79 Å². The molecule has 1 saturated carbocycles. The zero-order chi connectivity index (χ0) is 19.2. The van der Waals surface area contributed by atoms with Gasteiger partial charge >= 0.3 is 6.03 Å². The van der Waals surface area contributed by atoms with Crippen LogP contribution in [-0.4, -0.2) is 39.3 Å². The third-order valence-electron chi connectivity index (χ3n) is 5.98. The Bertz CT molecular complexity index is 755. The van der Waals surface area contributed by atoms with Crippen LogP contribution in [0.3, 0.4) is 0 Å². The highest BCUT2D eigenvalue weighted by Gasteiger charge is 2.52. The number of nitrogens with one attached hydrogen (secondary N) is 1. The minimum Gasteiger partial charge on any atom is -0.346 e. The molecule has 142 valence electrons. The van der Waals surface area contributed by atoms with Gasteiger partial charge in [0.05, 0.1) is 6.54 Å². The maximum absolute atomic E-state index is 12.9. The predicted molar refractivity (Wildman–Crippen MR) is 99.2 cm³/mol. The molecule has 1 aromatic heterocycles. The van der Waals surface area contributed by atoms with Gasteiger partial charge in [-0.05, 0) is 65.4 Å². The lowest BCUT2D eigenvalue weighted by Crippen LogP contribution is -2.49. The first kappa shape index (κ1) is 18.7. The molecule has 26 heavy (non-hydrogen) atoms. The number of hydrogen-bond donors (Lipinski definition) is 1. The number of nitrogens with zero attached hydrogens (tertiary/aromatic N) is 2. The number of aromatic nitrogens is 1. The number of Topliss-reactive ketones (excluding diaryl/α,β-unsaturated/α-hetero) is 1. The van der Waals surface area contributed by atoms with E-state index >= 15 is 0 Å². The summed E-state index contributed by atoms with van der Waals surface area (Å²) in [5.74, 6) is 0.151. The van der Waals surface area contributed by atoms with Gasteiger partial charge in [0.1, 0.15) is 5.54 Å². The van der Waals surface area contributed by atoms with Crippen molar-refractivity contribution in [2.24, 2.45) is 5.92 Å². The van der Waals surface area contributed by atoms with Crippen molar-refractivity contribution in [1.82, 2.24) is 14.8 Å². The van der Waals surface area contributed by atoms with Crippen molar-refractivity contribution < 1.29 is 14.4 Å². The second-order valence-corrected chi connectivity index (χ2v) is 8.26. The van der Waals surface area contributed by atoms with Crippen LogP contribution in [0.5, 0.6) is 0 Å². The fraction of sp³-hybridized carbons (Fsp3) is 0.650. The van der Waals surface area contributed by atoms with Crippen molar-refractivity contribution in [2.45, 2.75) is 71.9 Å². The van der Waals surface area contributed by atoms with Crippen LogP contribution in [0.25, 0.3) is 0 Å². The number of ketones is 1. The van der Waals surface area contributed by atoms with E-state index < -0.39 is 11.6 Å². The maximum Gasteiger partial charge on any atom is 0.325 e. The van der Waals surface area contributed by atoms with E-state index in [4.69, 9.17) is 0 Å². The summed E-state index contributed by atoms with van der Waals surface area (Å²) < 4.78 is 2.10. The number of carbonyl (C=O) groups excluding carboxylic acids is 3. The lowest BCUT2D eigenvalue weighted by molar-refractivity contribution is -0.132. The molecule has 2 heterocycles.